The molecule has 2 N–H and O–H groups in total. The van der Waals surface area contributed by atoms with Gasteiger partial charge in [0.25, 0.3) is 5.91 Å². The number of carbonyl (C=O) groups excluding carboxylic acids is 1. The van der Waals surface area contributed by atoms with E-state index in [-0.39, 0.29) is 22.5 Å². The fraction of sp³-hybridized carbons (Fsp3) is 0. The van der Waals surface area contributed by atoms with E-state index in [4.69, 9.17) is 9.68 Å². The van der Waals surface area contributed by atoms with Gasteiger partial charge in [0.05, 0.1) is 29.1 Å². The quantitative estimate of drug-likeness (QED) is 0.542. The summed E-state index contributed by atoms with van der Waals surface area (Å²) in [4.78, 5) is 28.1. The van der Waals surface area contributed by atoms with E-state index >= 15 is 0 Å². The number of aromatic nitrogens is 1. The number of rotatable bonds is 4. The molecule has 0 saturated carbocycles. The highest BCUT2D eigenvalue weighted by Crippen LogP contribution is 2.28. The fourth-order valence-electron chi connectivity index (χ4n) is 2.90. The van der Waals surface area contributed by atoms with E-state index in [1.165, 1.54) is 24.4 Å². The number of aromatic carboxylic acids is 1. The van der Waals surface area contributed by atoms with Crippen LogP contribution in [-0.4, -0.2) is 22.0 Å². The van der Waals surface area contributed by atoms with Crippen LogP contribution in [0.15, 0.2) is 71.3 Å². The molecular weight excluding hydrogens is 370 g/mol. The minimum atomic E-state index is -1.25. The molecule has 0 atom stereocenters. The van der Waals surface area contributed by atoms with Crippen molar-refractivity contribution >= 4 is 28.5 Å². The molecule has 2 aromatic heterocycles. The molecule has 0 aliphatic rings. The van der Waals surface area contributed by atoms with Crippen LogP contribution >= 0.6 is 0 Å². The zero-order valence-corrected chi connectivity index (χ0v) is 14.9. The molecule has 4 aromatic rings. The van der Waals surface area contributed by atoms with Crippen LogP contribution in [0.1, 0.15) is 26.4 Å². The van der Waals surface area contributed by atoms with Crippen LogP contribution < -0.4 is 5.32 Å². The molecule has 0 spiro atoms. The van der Waals surface area contributed by atoms with Crippen molar-refractivity contribution in [3.8, 4) is 17.4 Å². The summed E-state index contributed by atoms with van der Waals surface area (Å²) in [5.74, 6) is -1.16. The van der Waals surface area contributed by atoms with Gasteiger partial charge >= 0.3 is 5.97 Å². The molecule has 1 amide bonds. The lowest BCUT2D eigenvalue weighted by Crippen LogP contribution is -2.16. The highest BCUT2D eigenvalue weighted by atomic mass is 16.4. The second-order valence-electron chi connectivity index (χ2n) is 6.22. The van der Waals surface area contributed by atoms with Crippen LogP contribution in [0.25, 0.3) is 22.3 Å². The van der Waals surface area contributed by atoms with Gasteiger partial charge in [-0.25, -0.2) is 9.78 Å². The third-order valence-corrected chi connectivity index (χ3v) is 4.32. The number of carboxylic acids is 1. The molecule has 0 fully saturated rings. The minimum Gasteiger partial charge on any atom is -0.478 e. The van der Waals surface area contributed by atoms with Crippen molar-refractivity contribution in [1.82, 2.24) is 4.98 Å². The maximum absolute atomic E-state index is 12.6. The van der Waals surface area contributed by atoms with Crippen LogP contribution in [0, 0.1) is 11.3 Å². The lowest BCUT2D eigenvalue weighted by Gasteiger charge is -2.08. The second kappa shape index (κ2) is 7.29. The Morgan fingerprint density at radius 2 is 1.86 bits per heavy atom. The average molecular weight is 383 g/mol. The molecule has 7 heteroatoms. The van der Waals surface area contributed by atoms with Crippen LogP contribution in [0.5, 0.6) is 0 Å². The molecule has 140 valence electrons. The van der Waals surface area contributed by atoms with E-state index in [2.05, 4.69) is 10.3 Å². The number of amides is 1. The van der Waals surface area contributed by atoms with Crippen molar-refractivity contribution in [2.24, 2.45) is 0 Å². The molecule has 4 rings (SSSR count). The van der Waals surface area contributed by atoms with E-state index in [9.17, 15) is 14.7 Å². The third-order valence-electron chi connectivity index (χ3n) is 4.32. The number of pyridine rings is 1. The molecular formula is C22H13N3O4. The van der Waals surface area contributed by atoms with E-state index in [0.29, 0.717) is 16.7 Å². The smallest absolute Gasteiger partial charge is 0.337 e. The van der Waals surface area contributed by atoms with E-state index < -0.39 is 11.9 Å². The molecule has 2 aromatic carbocycles. The van der Waals surface area contributed by atoms with E-state index in [1.54, 1.807) is 6.07 Å². The standard InChI is InChI=1S/C22H13N3O4/c23-11-13-6-7-17(16(8-13)22(27)28)25-21(26)18-9-15-10-19(29-20(15)12-24-18)14-4-2-1-3-5-14/h1-10,12H,(H,25,26)(H,27,28). The Labute approximate surface area is 164 Å². The van der Waals surface area contributed by atoms with Gasteiger partial charge in [0, 0.05) is 10.9 Å². The number of carbonyl (C=O) groups is 2. The summed E-state index contributed by atoms with van der Waals surface area (Å²) in [7, 11) is 0. The molecule has 0 radical (unpaired) electrons. The SMILES string of the molecule is N#Cc1ccc(NC(=O)c2cc3cc(-c4ccccc4)oc3cn2)c(C(=O)O)c1. The summed E-state index contributed by atoms with van der Waals surface area (Å²) in [5.41, 5.74) is 1.64. The molecule has 7 nitrogen and oxygen atoms in total. The van der Waals surface area contributed by atoms with Gasteiger partial charge in [0.2, 0.25) is 0 Å². The largest absolute Gasteiger partial charge is 0.478 e. The summed E-state index contributed by atoms with van der Waals surface area (Å²) in [5, 5.41) is 21.5. The van der Waals surface area contributed by atoms with Gasteiger partial charge in [-0.15, -0.1) is 0 Å². The number of furan rings is 1. The number of fused-ring (bicyclic) bond motifs is 1. The van der Waals surface area contributed by atoms with Crippen molar-refractivity contribution in [3.63, 3.8) is 0 Å². The van der Waals surface area contributed by atoms with Gasteiger partial charge in [-0.05, 0) is 30.3 Å². The van der Waals surface area contributed by atoms with Gasteiger partial charge < -0.3 is 14.8 Å². The Morgan fingerprint density at radius 1 is 1.07 bits per heavy atom. The Kier molecular flexibility index (Phi) is 4.51. The van der Waals surface area contributed by atoms with Crippen LogP contribution in [0.3, 0.4) is 0 Å². The average Bonchev–Trinajstić information content (AvgIpc) is 3.18. The second-order valence-corrected chi connectivity index (χ2v) is 6.22. The fourth-order valence-corrected chi connectivity index (χ4v) is 2.90. The molecule has 0 bridgehead atoms. The van der Waals surface area contributed by atoms with Crippen molar-refractivity contribution in [2.45, 2.75) is 0 Å². The first kappa shape index (κ1) is 17.9. The van der Waals surface area contributed by atoms with Crippen LogP contribution in [0.2, 0.25) is 0 Å². The highest BCUT2D eigenvalue weighted by molar-refractivity contribution is 6.08. The van der Waals surface area contributed by atoms with Crippen LogP contribution in [0.4, 0.5) is 5.69 Å². The lowest BCUT2D eigenvalue weighted by atomic mass is 10.1. The van der Waals surface area contributed by atoms with Crippen molar-refractivity contribution < 1.29 is 19.1 Å². The molecule has 29 heavy (non-hydrogen) atoms. The Hall–Kier alpha value is -4.44. The molecule has 0 aliphatic carbocycles. The normalized spacial score (nSPS) is 10.4. The number of anilines is 1. The Balaban J connectivity index is 1.64. The predicted molar refractivity (Wildman–Crippen MR) is 106 cm³/mol. The lowest BCUT2D eigenvalue weighted by molar-refractivity contribution is 0.0698. The summed E-state index contributed by atoms with van der Waals surface area (Å²) >= 11 is 0. The Morgan fingerprint density at radius 3 is 2.59 bits per heavy atom. The van der Waals surface area contributed by atoms with Crippen molar-refractivity contribution in [3.05, 3.63) is 83.7 Å². The number of hydrogen-bond donors (Lipinski definition) is 2. The van der Waals surface area contributed by atoms with Gasteiger partial charge in [-0.3, -0.25) is 4.79 Å². The number of nitrogens with one attached hydrogen (secondary N) is 1. The first-order chi connectivity index (χ1) is 14.0. The minimum absolute atomic E-state index is 0.0839. The molecule has 2 heterocycles. The topological polar surface area (TPSA) is 116 Å². The number of hydrogen-bond acceptors (Lipinski definition) is 5. The zero-order valence-electron chi connectivity index (χ0n) is 14.9. The highest BCUT2D eigenvalue weighted by Gasteiger charge is 2.16. The number of nitriles is 1. The monoisotopic (exact) mass is 383 g/mol. The summed E-state index contributed by atoms with van der Waals surface area (Å²) in [6.45, 7) is 0. The summed E-state index contributed by atoms with van der Waals surface area (Å²) in [6, 6.07) is 18.8. The van der Waals surface area contributed by atoms with Gasteiger partial charge in [0.1, 0.15) is 11.5 Å². The molecule has 0 saturated heterocycles. The van der Waals surface area contributed by atoms with Gasteiger partial charge in [0.15, 0.2) is 5.58 Å². The van der Waals surface area contributed by atoms with E-state index in [0.717, 1.165) is 5.56 Å². The maximum atomic E-state index is 12.6. The number of benzene rings is 2. The first-order valence-electron chi connectivity index (χ1n) is 8.59. The maximum Gasteiger partial charge on any atom is 0.337 e. The van der Waals surface area contributed by atoms with Crippen molar-refractivity contribution in [2.75, 3.05) is 5.32 Å². The number of carboxylic acid groups (broad SMARTS) is 1. The van der Waals surface area contributed by atoms with Gasteiger partial charge in [-0.1, -0.05) is 30.3 Å². The molecule has 0 unspecified atom stereocenters. The number of nitrogens with zero attached hydrogens (tertiary/aromatic N) is 2. The first-order valence-corrected chi connectivity index (χ1v) is 8.59. The summed E-state index contributed by atoms with van der Waals surface area (Å²) < 4.78 is 5.78. The van der Waals surface area contributed by atoms with E-state index in [1.807, 2.05) is 42.5 Å². The zero-order chi connectivity index (χ0) is 20.4. The van der Waals surface area contributed by atoms with Gasteiger partial charge in [-0.2, -0.15) is 5.26 Å². The Bertz CT molecular complexity index is 1290. The van der Waals surface area contributed by atoms with Crippen molar-refractivity contribution in [1.29, 1.82) is 5.26 Å². The predicted octanol–water partition coefficient (Wildman–Crippen LogP) is 4.32. The molecule has 0 aliphatic heterocycles. The van der Waals surface area contributed by atoms with Crippen LogP contribution in [-0.2, 0) is 0 Å². The third kappa shape index (κ3) is 3.55. The summed E-state index contributed by atoms with van der Waals surface area (Å²) in [6.07, 6.45) is 1.45.